The Morgan fingerprint density at radius 2 is 1.70 bits per heavy atom. The first-order valence-corrected chi connectivity index (χ1v) is 8.39. The van der Waals surface area contributed by atoms with E-state index < -0.39 is 0 Å². The maximum absolute atomic E-state index is 9.98. The van der Waals surface area contributed by atoms with Gasteiger partial charge in [0.15, 0.2) is 0 Å². The Kier molecular flexibility index (Phi) is 3.67. The average molecular weight is 281 g/mol. The lowest BCUT2D eigenvalue weighted by Gasteiger charge is -2.55. The Morgan fingerprint density at radius 1 is 1.10 bits per heavy atom. The van der Waals surface area contributed by atoms with Crippen molar-refractivity contribution >= 4 is 0 Å². The molecule has 1 aliphatic heterocycles. The molecule has 20 heavy (non-hydrogen) atoms. The molecule has 0 amide bonds. The predicted octanol–water partition coefficient (Wildman–Crippen LogP) is 2.82. The third kappa shape index (κ3) is 3.20. The Hall–Kier alpha value is -0.120. The first-order chi connectivity index (χ1) is 9.32. The number of hydrogen-bond acceptors (Lipinski definition) is 3. The second-order valence-electron chi connectivity index (χ2n) is 8.49. The highest BCUT2D eigenvalue weighted by Crippen LogP contribution is 2.55. The fraction of sp³-hybridized carbons (Fsp3) is 1.00. The molecule has 3 rings (SSSR count). The van der Waals surface area contributed by atoms with Crippen LogP contribution < -0.4 is 0 Å². The molecule has 0 aromatic carbocycles. The van der Waals surface area contributed by atoms with Crippen molar-refractivity contribution in [1.29, 1.82) is 0 Å². The summed E-state index contributed by atoms with van der Waals surface area (Å²) in [4.78, 5) is 2.65. The number of likely N-dealkylation sites (tertiary alicyclic amines) is 1. The lowest BCUT2D eigenvalue weighted by Crippen LogP contribution is -2.55. The van der Waals surface area contributed by atoms with Gasteiger partial charge in [-0.1, -0.05) is 0 Å². The van der Waals surface area contributed by atoms with E-state index in [-0.39, 0.29) is 5.60 Å². The summed E-state index contributed by atoms with van der Waals surface area (Å²) >= 11 is 0. The van der Waals surface area contributed by atoms with Gasteiger partial charge in [0, 0.05) is 12.0 Å². The SMILES string of the molecule is CC(C)OCC1(CN2CCC3(CC2)CC(C)(O)C3)CC1. The molecule has 0 radical (unpaired) electrons. The van der Waals surface area contributed by atoms with Crippen molar-refractivity contribution in [2.75, 3.05) is 26.2 Å². The van der Waals surface area contributed by atoms with Crippen molar-refractivity contribution in [3.63, 3.8) is 0 Å². The van der Waals surface area contributed by atoms with Crippen LogP contribution in [0.3, 0.4) is 0 Å². The molecule has 1 saturated heterocycles. The molecule has 3 fully saturated rings. The highest BCUT2D eigenvalue weighted by atomic mass is 16.5. The van der Waals surface area contributed by atoms with Gasteiger partial charge < -0.3 is 14.7 Å². The smallest absolute Gasteiger partial charge is 0.0630 e. The second kappa shape index (κ2) is 4.96. The maximum atomic E-state index is 9.98. The largest absolute Gasteiger partial charge is 0.390 e. The van der Waals surface area contributed by atoms with Gasteiger partial charge in [-0.05, 0) is 77.8 Å². The minimum Gasteiger partial charge on any atom is -0.390 e. The predicted molar refractivity (Wildman–Crippen MR) is 80.7 cm³/mol. The van der Waals surface area contributed by atoms with Gasteiger partial charge in [-0.25, -0.2) is 0 Å². The molecule has 2 aliphatic carbocycles. The van der Waals surface area contributed by atoms with Gasteiger partial charge in [0.25, 0.3) is 0 Å². The molecule has 0 bridgehead atoms. The molecule has 0 atom stereocenters. The van der Waals surface area contributed by atoms with Crippen molar-refractivity contribution < 1.29 is 9.84 Å². The number of ether oxygens (including phenoxy) is 1. The highest BCUT2D eigenvalue weighted by molar-refractivity contribution is 5.05. The van der Waals surface area contributed by atoms with Crippen LogP contribution >= 0.6 is 0 Å². The molecule has 3 aliphatic rings. The van der Waals surface area contributed by atoms with Crippen molar-refractivity contribution in [2.24, 2.45) is 10.8 Å². The third-order valence-electron chi connectivity index (χ3n) is 5.67. The molecule has 0 unspecified atom stereocenters. The topological polar surface area (TPSA) is 32.7 Å². The van der Waals surface area contributed by atoms with Crippen LogP contribution in [-0.2, 0) is 4.74 Å². The second-order valence-corrected chi connectivity index (χ2v) is 8.49. The molecule has 1 N–H and O–H groups in total. The van der Waals surface area contributed by atoms with Crippen molar-refractivity contribution in [2.45, 2.75) is 71.0 Å². The summed E-state index contributed by atoms with van der Waals surface area (Å²) in [5, 5.41) is 9.98. The van der Waals surface area contributed by atoms with Gasteiger partial charge in [0.05, 0.1) is 18.3 Å². The first kappa shape index (κ1) is 14.8. The minimum atomic E-state index is -0.370. The van der Waals surface area contributed by atoms with Crippen LogP contribution in [0.25, 0.3) is 0 Å². The summed E-state index contributed by atoms with van der Waals surface area (Å²) in [6.07, 6.45) is 7.65. The summed E-state index contributed by atoms with van der Waals surface area (Å²) in [5.41, 5.74) is 0.579. The van der Waals surface area contributed by atoms with E-state index in [4.69, 9.17) is 4.74 Å². The summed E-state index contributed by atoms with van der Waals surface area (Å²) in [5.74, 6) is 0. The maximum Gasteiger partial charge on any atom is 0.0630 e. The third-order valence-corrected chi connectivity index (χ3v) is 5.67. The van der Waals surface area contributed by atoms with Gasteiger partial charge in [-0.15, -0.1) is 0 Å². The summed E-state index contributed by atoms with van der Waals surface area (Å²) in [6.45, 7) is 10.9. The quantitative estimate of drug-likeness (QED) is 0.841. The molecule has 0 aromatic rings. The Morgan fingerprint density at radius 3 is 2.15 bits per heavy atom. The van der Waals surface area contributed by atoms with Crippen LogP contribution in [0.2, 0.25) is 0 Å². The lowest BCUT2D eigenvalue weighted by atomic mass is 9.56. The standard InChI is InChI=1S/C17H31NO2/c1-14(2)20-13-17(4-5-17)12-18-8-6-16(7-9-18)10-15(3,19)11-16/h14,19H,4-13H2,1-3H3. The molecule has 3 heteroatoms. The Balaban J connectivity index is 1.43. The fourth-order valence-corrected chi connectivity index (χ4v) is 4.45. The summed E-state index contributed by atoms with van der Waals surface area (Å²) in [7, 11) is 0. The van der Waals surface area contributed by atoms with Crippen LogP contribution in [0, 0.1) is 10.8 Å². The number of aliphatic hydroxyl groups is 1. The van der Waals surface area contributed by atoms with Gasteiger partial charge in [0.2, 0.25) is 0 Å². The van der Waals surface area contributed by atoms with E-state index in [0.29, 0.717) is 16.9 Å². The number of hydrogen-bond donors (Lipinski definition) is 1. The molecule has 1 spiro atoms. The van der Waals surface area contributed by atoms with E-state index in [9.17, 15) is 5.11 Å². The highest BCUT2D eigenvalue weighted by Gasteiger charge is 2.52. The van der Waals surface area contributed by atoms with Gasteiger partial charge in [-0.3, -0.25) is 0 Å². The van der Waals surface area contributed by atoms with Gasteiger partial charge >= 0.3 is 0 Å². The fourth-order valence-electron chi connectivity index (χ4n) is 4.45. The first-order valence-electron chi connectivity index (χ1n) is 8.39. The summed E-state index contributed by atoms with van der Waals surface area (Å²) < 4.78 is 5.85. The van der Waals surface area contributed by atoms with Crippen LogP contribution in [0.4, 0.5) is 0 Å². The van der Waals surface area contributed by atoms with E-state index in [0.717, 1.165) is 19.4 Å². The molecule has 116 valence electrons. The van der Waals surface area contributed by atoms with Crippen LogP contribution in [0.1, 0.15) is 59.3 Å². The van der Waals surface area contributed by atoms with Crippen LogP contribution in [0.15, 0.2) is 0 Å². The van der Waals surface area contributed by atoms with Crippen LogP contribution in [-0.4, -0.2) is 48.0 Å². The molecule has 1 heterocycles. The lowest BCUT2D eigenvalue weighted by molar-refractivity contribution is -0.138. The van der Waals surface area contributed by atoms with E-state index in [1.54, 1.807) is 0 Å². The van der Waals surface area contributed by atoms with E-state index in [1.165, 1.54) is 45.3 Å². The van der Waals surface area contributed by atoms with Crippen LogP contribution in [0.5, 0.6) is 0 Å². The van der Waals surface area contributed by atoms with Gasteiger partial charge in [0.1, 0.15) is 0 Å². The van der Waals surface area contributed by atoms with E-state index in [2.05, 4.69) is 18.7 Å². The molecule has 3 nitrogen and oxygen atoms in total. The van der Waals surface area contributed by atoms with Gasteiger partial charge in [-0.2, -0.15) is 0 Å². The number of rotatable bonds is 5. The minimum absolute atomic E-state index is 0.356. The summed E-state index contributed by atoms with van der Waals surface area (Å²) in [6, 6.07) is 0. The average Bonchev–Trinajstić information content (AvgIpc) is 3.08. The molecular formula is C17H31NO2. The van der Waals surface area contributed by atoms with E-state index >= 15 is 0 Å². The van der Waals surface area contributed by atoms with Crippen molar-refractivity contribution in [3.8, 4) is 0 Å². The number of piperidine rings is 1. The van der Waals surface area contributed by atoms with Crippen molar-refractivity contribution in [3.05, 3.63) is 0 Å². The zero-order valence-electron chi connectivity index (χ0n) is 13.5. The van der Waals surface area contributed by atoms with Crippen molar-refractivity contribution in [1.82, 2.24) is 4.90 Å². The Bertz CT molecular complexity index is 342. The normalized spacial score (nSPS) is 30.4. The zero-order valence-corrected chi connectivity index (χ0v) is 13.5. The Labute approximate surface area is 123 Å². The zero-order chi connectivity index (χ0) is 14.4. The molecule has 2 saturated carbocycles. The van der Waals surface area contributed by atoms with E-state index in [1.807, 2.05) is 6.92 Å². The molecule has 0 aromatic heterocycles. The monoisotopic (exact) mass is 281 g/mol. The molecular weight excluding hydrogens is 250 g/mol. The number of nitrogens with zero attached hydrogens (tertiary/aromatic N) is 1.